The molecule has 1 saturated heterocycles. The summed E-state index contributed by atoms with van der Waals surface area (Å²) in [6.45, 7) is -0.615. The Morgan fingerprint density at radius 1 is 1.41 bits per heavy atom. The second-order valence-corrected chi connectivity index (χ2v) is 5.95. The van der Waals surface area contributed by atoms with Crippen LogP contribution in [0.25, 0.3) is 0 Å². The number of ether oxygens (including phenoxy) is 1. The summed E-state index contributed by atoms with van der Waals surface area (Å²) in [6.07, 6.45) is -2.80. The number of aliphatic hydroxyl groups excluding tert-OH is 2. The summed E-state index contributed by atoms with van der Waals surface area (Å²) in [5, 5.41) is 28.4. The molecule has 5 N–H and O–H groups in total. The third-order valence-electron chi connectivity index (χ3n) is 3.03. The van der Waals surface area contributed by atoms with Gasteiger partial charge in [0.15, 0.2) is 6.23 Å². The SMILES string of the molecule is O=C(O)Cc1cn(C2OC(COP(=O)(O)O)C(O)C2O)cn1. The van der Waals surface area contributed by atoms with Crippen molar-refractivity contribution in [2.24, 2.45) is 0 Å². The number of imidazole rings is 1. The van der Waals surface area contributed by atoms with Gasteiger partial charge in [0.1, 0.15) is 18.3 Å². The lowest BCUT2D eigenvalue weighted by Gasteiger charge is -2.15. The Morgan fingerprint density at radius 3 is 2.68 bits per heavy atom. The molecule has 1 aliphatic heterocycles. The first-order chi connectivity index (χ1) is 10.2. The monoisotopic (exact) mass is 338 g/mol. The van der Waals surface area contributed by atoms with Crippen LogP contribution in [-0.2, 0) is 25.0 Å². The highest BCUT2D eigenvalue weighted by molar-refractivity contribution is 7.46. The molecule has 11 nitrogen and oxygen atoms in total. The summed E-state index contributed by atoms with van der Waals surface area (Å²) in [5.41, 5.74) is 0.229. The van der Waals surface area contributed by atoms with E-state index in [-0.39, 0.29) is 12.1 Å². The van der Waals surface area contributed by atoms with Crippen molar-refractivity contribution in [2.75, 3.05) is 6.61 Å². The fourth-order valence-corrected chi connectivity index (χ4v) is 2.39. The maximum atomic E-state index is 10.6. The largest absolute Gasteiger partial charge is 0.481 e. The van der Waals surface area contributed by atoms with Crippen LogP contribution in [0.15, 0.2) is 12.5 Å². The second kappa shape index (κ2) is 6.42. The zero-order valence-corrected chi connectivity index (χ0v) is 12.0. The Kier molecular flexibility index (Phi) is 4.97. The second-order valence-electron chi connectivity index (χ2n) is 4.72. The fourth-order valence-electron chi connectivity index (χ4n) is 2.05. The highest BCUT2D eigenvalue weighted by Crippen LogP contribution is 2.38. The molecule has 0 radical (unpaired) electrons. The van der Waals surface area contributed by atoms with Crippen molar-refractivity contribution in [3.05, 3.63) is 18.2 Å². The lowest BCUT2D eigenvalue weighted by Crippen LogP contribution is -2.33. The van der Waals surface area contributed by atoms with Crippen molar-refractivity contribution in [2.45, 2.75) is 31.0 Å². The van der Waals surface area contributed by atoms with Crippen LogP contribution in [-0.4, -0.2) is 65.5 Å². The molecule has 4 unspecified atom stereocenters. The Hall–Kier alpha value is -1.33. The molecule has 0 spiro atoms. The van der Waals surface area contributed by atoms with E-state index in [1.807, 2.05) is 0 Å². The minimum Gasteiger partial charge on any atom is -0.481 e. The minimum absolute atomic E-state index is 0.229. The average molecular weight is 338 g/mol. The number of phosphoric acid groups is 1. The van der Waals surface area contributed by atoms with Crippen molar-refractivity contribution in [3.63, 3.8) is 0 Å². The van der Waals surface area contributed by atoms with Crippen molar-refractivity contribution in [1.82, 2.24) is 9.55 Å². The zero-order chi connectivity index (χ0) is 16.5. The molecule has 124 valence electrons. The minimum atomic E-state index is -4.73. The number of rotatable bonds is 6. The maximum Gasteiger partial charge on any atom is 0.469 e. The number of carboxylic acid groups (broad SMARTS) is 1. The molecule has 1 aromatic rings. The van der Waals surface area contributed by atoms with Crippen LogP contribution in [0.2, 0.25) is 0 Å². The van der Waals surface area contributed by atoms with Gasteiger partial charge < -0.3 is 34.4 Å². The third-order valence-corrected chi connectivity index (χ3v) is 3.51. The molecule has 1 fully saturated rings. The van der Waals surface area contributed by atoms with E-state index in [2.05, 4.69) is 9.51 Å². The van der Waals surface area contributed by atoms with Crippen molar-refractivity contribution in [1.29, 1.82) is 0 Å². The first-order valence-electron chi connectivity index (χ1n) is 6.13. The number of aliphatic carboxylic acids is 1. The van der Waals surface area contributed by atoms with E-state index in [0.717, 1.165) is 0 Å². The molecule has 0 saturated carbocycles. The molecular weight excluding hydrogens is 323 g/mol. The third kappa shape index (κ3) is 4.11. The number of hydrogen-bond acceptors (Lipinski definition) is 7. The molecule has 0 bridgehead atoms. The van der Waals surface area contributed by atoms with Crippen molar-refractivity contribution >= 4 is 13.8 Å². The summed E-state index contributed by atoms with van der Waals surface area (Å²) in [4.78, 5) is 31.6. The first-order valence-corrected chi connectivity index (χ1v) is 7.66. The molecule has 12 heteroatoms. The number of nitrogens with zero attached hydrogens (tertiary/aromatic N) is 2. The van der Waals surface area contributed by atoms with Crippen molar-refractivity contribution < 1.29 is 43.7 Å². The predicted octanol–water partition coefficient (Wildman–Crippen LogP) is -1.76. The predicted molar refractivity (Wildman–Crippen MR) is 67.5 cm³/mol. The van der Waals surface area contributed by atoms with Gasteiger partial charge >= 0.3 is 13.8 Å². The highest BCUT2D eigenvalue weighted by Gasteiger charge is 2.44. The van der Waals surface area contributed by atoms with Crippen LogP contribution >= 0.6 is 7.82 Å². The summed E-state index contributed by atoms with van der Waals surface area (Å²) < 4.78 is 21.4. The van der Waals surface area contributed by atoms with Gasteiger partial charge in [-0.25, -0.2) is 9.55 Å². The molecule has 1 aromatic heterocycles. The Labute approximate surface area is 124 Å². The van der Waals surface area contributed by atoms with Gasteiger partial charge in [0.05, 0.1) is 25.0 Å². The molecule has 0 aliphatic carbocycles. The van der Waals surface area contributed by atoms with Gasteiger partial charge in [0.25, 0.3) is 0 Å². The van der Waals surface area contributed by atoms with Gasteiger partial charge in [-0.2, -0.15) is 0 Å². The molecule has 22 heavy (non-hydrogen) atoms. The summed E-state index contributed by atoms with van der Waals surface area (Å²) in [5.74, 6) is -1.08. The van der Waals surface area contributed by atoms with Gasteiger partial charge in [0.2, 0.25) is 0 Å². The Balaban J connectivity index is 2.04. The van der Waals surface area contributed by atoms with Crippen LogP contribution in [0.5, 0.6) is 0 Å². The first kappa shape index (κ1) is 17.0. The van der Waals surface area contributed by atoms with Crippen LogP contribution in [0, 0.1) is 0 Å². The van der Waals surface area contributed by atoms with Gasteiger partial charge in [-0.1, -0.05) is 0 Å². The maximum absolute atomic E-state index is 10.6. The number of hydrogen-bond donors (Lipinski definition) is 5. The summed E-state index contributed by atoms with van der Waals surface area (Å²) in [7, 11) is -4.73. The standard InChI is InChI=1S/C10H15N2O9P/c13-7(14)1-5-2-12(4-11-5)10-9(16)8(15)6(21-10)3-20-22(17,18)19/h2,4,6,8-10,15-16H,1,3H2,(H,13,14)(H2,17,18,19). The molecule has 2 rings (SSSR count). The number of carbonyl (C=O) groups is 1. The van der Waals surface area contributed by atoms with Gasteiger partial charge in [0, 0.05) is 6.20 Å². The Morgan fingerprint density at radius 2 is 2.09 bits per heavy atom. The van der Waals surface area contributed by atoms with E-state index in [1.54, 1.807) is 0 Å². The zero-order valence-electron chi connectivity index (χ0n) is 11.1. The van der Waals surface area contributed by atoms with Gasteiger partial charge in [-0.05, 0) is 0 Å². The summed E-state index contributed by atoms with van der Waals surface area (Å²) >= 11 is 0. The van der Waals surface area contributed by atoms with Gasteiger partial charge in [-0.3, -0.25) is 9.32 Å². The number of aromatic nitrogens is 2. The summed E-state index contributed by atoms with van der Waals surface area (Å²) in [6, 6.07) is 0. The molecule has 2 heterocycles. The van der Waals surface area contributed by atoms with E-state index in [0.29, 0.717) is 0 Å². The fraction of sp³-hybridized carbons (Fsp3) is 0.600. The molecular formula is C10H15N2O9P. The lowest BCUT2D eigenvalue weighted by atomic mass is 10.1. The lowest BCUT2D eigenvalue weighted by molar-refractivity contribution is -0.136. The number of aliphatic hydroxyl groups is 2. The molecule has 1 aliphatic rings. The number of carboxylic acids is 1. The van der Waals surface area contributed by atoms with E-state index < -0.39 is 44.9 Å². The van der Waals surface area contributed by atoms with E-state index in [4.69, 9.17) is 19.6 Å². The number of phosphoric ester groups is 1. The highest BCUT2D eigenvalue weighted by atomic mass is 31.2. The average Bonchev–Trinajstić information content (AvgIpc) is 2.93. The molecule has 4 atom stereocenters. The molecule has 0 amide bonds. The van der Waals surface area contributed by atoms with E-state index in [1.165, 1.54) is 17.1 Å². The van der Waals surface area contributed by atoms with E-state index in [9.17, 15) is 19.6 Å². The smallest absolute Gasteiger partial charge is 0.469 e. The van der Waals surface area contributed by atoms with Crippen LogP contribution in [0.1, 0.15) is 11.9 Å². The van der Waals surface area contributed by atoms with Gasteiger partial charge in [-0.15, -0.1) is 0 Å². The molecule has 0 aromatic carbocycles. The van der Waals surface area contributed by atoms with E-state index >= 15 is 0 Å². The quantitative estimate of drug-likeness (QED) is 0.374. The Bertz CT molecular complexity index is 585. The van der Waals surface area contributed by atoms with Crippen molar-refractivity contribution in [3.8, 4) is 0 Å². The normalized spacial score (nSPS) is 28.9. The van der Waals surface area contributed by atoms with Crippen LogP contribution in [0.4, 0.5) is 0 Å². The van der Waals surface area contributed by atoms with Crippen LogP contribution in [0.3, 0.4) is 0 Å². The van der Waals surface area contributed by atoms with Crippen LogP contribution < -0.4 is 0 Å². The topological polar surface area (TPSA) is 172 Å².